The molecule has 176 valence electrons. The third-order valence-electron chi connectivity index (χ3n) is 6.14. The number of methoxy groups -OCH3 is 1. The van der Waals surface area contributed by atoms with E-state index in [0.29, 0.717) is 16.7 Å². The molecule has 1 aliphatic rings. The second-order valence-electron chi connectivity index (χ2n) is 8.22. The van der Waals surface area contributed by atoms with Crippen LogP contribution < -0.4 is 21.1 Å². The van der Waals surface area contributed by atoms with Gasteiger partial charge in [0, 0.05) is 28.7 Å². The number of benzene rings is 2. The molecule has 0 saturated carbocycles. The van der Waals surface area contributed by atoms with E-state index in [4.69, 9.17) is 10.5 Å². The summed E-state index contributed by atoms with van der Waals surface area (Å²) in [5.74, 6) is -0.612. The lowest BCUT2D eigenvalue weighted by molar-refractivity contribution is -0.124. The summed E-state index contributed by atoms with van der Waals surface area (Å²) in [7, 11) is 1.54. The third kappa shape index (κ3) is 3.70. The van der Waals surface area contributed by atoms with Gasteiger partial charge in [-0.3, -0.25) is 19.9 Å². The summed E-state index contributed by atoms with van der Waals surface area (Å²) in [6.45, 7) is -0.0401. The van der Waals surface area contributed by atoms with Crippen LogP contribution in [0.4, 0.5) is 4.79 Å². The fourth-order valence-electron chi connectivity index (χ4n) is 4.28. The van der Waals surface area contributed by atoms with E-state index >= 15 is 0 Å². The molecular weight excluding hydrogens is 450 g/mol. The SMILES string of the molecule is COc1ccc2cn(C[C@@]3(c4ccc(-c5ccc(C(N)=O)nc5)cc4)NC(=O)NC3=O)c(O)c2c1. The molecule has 10 nitrogen and oxygen atoms in total. The number of rotatable bonds is 6. The van der Waals surface area contributed by atoms with Gasteiger partial charge in [-0.2, -0.15) is 0 Å². The molecule has 0 bridgehead atoms. The highest BCUT2D eigenvalue weighted by atomic mass is 16.5. The summed E-state index contributed by atoms with van der Waals surface area (Å²) in [6.07, 6.45) is 3.25. The molecule has 0 spiro atoms. The van der Waals surface area contributed by atoms with Crippen LogP contribution in [0.25, 0.3) is 21.9 Å². The van der Waals surface area contributed by atoms with E-state index in [1.165, 1.54) is 23.9 Å². The van der Waals surface area contributed by atoms with Crippen molar-refractivity contribution in [1.82, 2.24) is 20.2 Å². The zero-order chi connectivity index (χ0) is 24.7. The van der Waals surface area contributed by atoms with Crippen molar-refractivity contribution in [2.45, 2.75) is 12.1 Å². The summed E-state index contributed by atoms with van der Waals surface area (Å²) in [6, 6.07) is 14.9. The summed E-state index contributed by atoms with van der Waals surface area (Å²) in [4.78, 5) is 40.5. The van der Waals surface area contributed by atoms with E-state index in [9.17, 15) is 19.5 Å². The van der Waals surface area contributed by atoms with Crippen molar-refractivity contribution < 1.29 is 24.2 Å². The fourth-order valence-corrected chi connectivity index (χ4v) is 4.28. The van der Waals surface area contributed by atoms with Crippen molar-refractivity contribution in [3.8, 4) is 22.8 Å². The molecule has 10 heteroatoms. The molecule has 0 aliphatic carbocycles. The van der Waals surface area contributed by atoms with Gasteiger partial charge in [0.15, 0.2) is 11.4 Å². The highest BCUT2D eigenvalue weighted by molar-refractivity contribution is 6.07. The number of pyridine rings is 1. The number of nitrogens with two attached hydrogens (primary N) is 1. The van der Waals surface area contributed by atoms with E-state index in [0.717, 1.165) is 16.5 Å². The maximum absolute atomic E-state index is 13.0. The normalized spacial score (nSPS) is 17.3. The molecule has 35 heavy (non-hydrogen) atoms. The number of aromatic nitrogens is 2. The number of carbonyl (C=O) groups is 3. The molecule has 5 N–H and O–H groups in total. The van der Waals surface area contributed by atoms with Crippen molar-refractivity contribution >= 4 is 28.6 Å². The molecule has 1 fully saturated rings. The largest absolute Gasteiger partial charge is 0.497 e. The maximum atomic E-state index is 13.0. The first-order valence-electron chi connectivity index (χ1n) is 10.7. The van der Waals surface area contributed by atoms with Gasteiger partial charge in [-0.1, -0.05) is 30.3 Å². The van der Waals surface area contributed by atoms with E-state index in [1.54, 1.807) is 54.7 Å². The summed E-state index contributed by atoms with van der Waals surface area (Å²) < 4.78 is 6.76. The minimum absolute atomic E-state index is 0.0401. The van der Waals surface area contributed by atoms with Gasteiger partial charge in [0.2, 0.25) is 0 Å². The number of carbonyl (C=O) groups excluding carboxylic acids is 3. The standard InChI is InChI=1S/C25H21N5O5/c1-35-18-8-4-16-12-30(22(32)19(16)10-18)13-25(23(33)28-24(34)29-25)17-6-2-14(3-7-17)15-5-9-20(21(26)31)27-11-15/h2-12,32H,13H2,1H3,(H2,26,31)(H2,28,29,33,34)/t25-/m0/s1. The molecular formula is C25H21N5O5. The fraction of sp³-hybridized carbons (Fsp3) is 0.120. The number of urea groups is 1. The van der Waals surface area contributed by atoms with Gasteiger partial charge in [-0.05, 0) is 35.4 Å². The number of primary amides is 1. The second-order valence-corrected chi connectivity index (χ2v) is 8.22. The Morgan fingerprint density at radius 3 is 2.46 bits per heavy atom. The Morgan fingerprint density at radius 1 is 1.11 bits per heavy atom. The third-order valence-corrected chi connectivity index (χ3v) is 6.14. The summed E-state index contributed by atoms with van der Waals surface area (Å²) in [5, 5.41) is 17.2. The van der Waals surface area contributed by atoms with Gasteiger partial charge in [-0.25, -0.2) is 4.79 Å². The van der Waals surface area contributed by atoms with E-state index in [1.807, 2.05) is 0 Å². The lowest BCUT2D eigenvalue weighted by Crippen LogP contribution is -2.47. The van der Waals surface area contributed by atoms with Gasteiger partial charge in [0.1, 0.15) is 11.4 Å². The lowest BCUT2D eigenvalue weighted by Gasteiger charge is -2.27. The average molecular weight is 471 g/mol. The number of ether oxygens (including phenoxy) is 1. The van der Waals surface area contributed by atoms with Crippen molar-refractivity contribution in [1.29, 1.82) is 0 Å². The highest BCUT2D eigenvalue weighted by Gasteiger charge is 2.48. The Bertz CT molecular complexity index is 1480. The van der Waals surface area contributed by atoms with Crippen LogP contribution >= 0.6 is 0 Å². The van der Waals surface area contributed by atoms with Crippen molar-refractivity contribution in [2.24, 2.45) is 5.73 Å². The van der Waals surface area contributed by atoms with Crippen molar-refractivity contribution in [3.63, 3.8) is 0 Å². The molecule has 1 saturated heterocycles. The first kappa shape index (κ1) is 22.0. The second kappa shape index (κ2) is 8.17. The zero-order valence-electron chi connectivity index (χ0n) is 18.6. The predicted molar refractivity (Wildman–Crippen MR) is 127 cm³/mol. The quantitative estimate of drug-likeness (QED) is 0.317. The van der Waals surface area contributed by atoms with E-state index < -0.39 is 23.4 Å². The van der Waals surface area contributed by atoms with Crippen LogP contribution in [-0.2, 0) is 16.9 Å². The number of fused-ring (bicyclic) bond motifs is 1. The van der Waals surface area contributed by atoms with Gasteiger partial charge in [0.25, 0.3) is 11.8 Å². The molecule has 0 radical (unpaired) electrons. The smallest absolute Gasteiger partial charge is 0.322 e. The Kier molecular flexibility index (Phi) is 5.13. The van der Waals surface area contributed by atoms with Crippen LogP contribution in [0.3, 0.4) is 0 Å². The molecule has 1 atom stereocenters. The molecule has 4 aromatic rings. The number of aromatic hydroxyl groups is 1. The molecule has 0 unspecified atom stereocenters. The first-order chi connectivity index (χ1) is 16.8. The number of nitrogens with zero attached hydrogens (tertiary/aromatic N) is 2. The number of hydrogen-bond acceptors (Lipinski definition) is 6. The molecule has 2 aromatic heterocycles. The predicted octanol–water partition coefficient (Wildman–Crippen LogP) is 2.25. The molecule has 5 rings (SSSR count). The van der Waals surface area contributed by atoms with Crippen molar-refractivity contribution in [2.75, 3.05) is 7.11 Å². The summed E-state index contributed by atoms with van der Waals surface area (Å²) in [5.41, 5.74) is 6.03. The number of hydrogen-bond donors (Lipinski definition) is 4. The van der Waals surface area contributed by atoms with Crippen LogP contribution in [-0.4, -0.2) is 39.6 Å². The van der Waals surface area contributed by atoms with Crippen LogP contribution in [0.5, 0.6) is 11.6 Å². The minimum Gasteiger partial charge on any atom is -0.497 e. The van der Waals surface area contributed by atoms with E-state index in [-0.39, 0.29) is 18.1 Å². The van der Waals surface area contributed by atoms with E-state index in [2.05, 4.69) is 15.6 Å². The molecule has 3 heterocycles. The highest BCUT2D eigenvalue weighted by Crippen LogP contribution is 2.35. The summed E-state index contributed by atoms with van der Waals surface area (Å²) >= 11 is 0. The van der Waals surface area contributed by atoms with Crippen molar-refractivity contribution in [3.05, 3.63) is 78.2 Å². The van der Waals surface area contributed by atoms with Crippen LogP contribution in [0, 0.1) is 0 Å². The van der Waals surface area contributed by atoms with Gasteiger partial charge in [-0.15, -0.1) is 0 Å². The van der Waals surface area contributed by atoms with Gasteiger partial charge < -0.3 is 25.5 Å². The Balaban J connectivity index is 1.52. The molecule has 4 amide bonds. The Labute approximate surface area is 199 Å². The van der Waals surface area contributed by atoms with Crippen LogP contribution in [0.15, 0.2) is 67.0 Å². The van der Waals surface area contributed by atoms with Gasteiger partial charge in [0.05, 0.1) is 13.7 Å². The van der Waals surface area contributed by atoms with Crippen LogP contribution in [0.2, 0.25) is 0 Å². The topological polar surface area (TPSA) is 149 Å². The van der Waals surface area contributed by atoms with Gasteiger partial charge >= 0.3 is 6.03 Å². The van der Waals surface area contributed by atoms with Crippen LogP contribution in [0.1, 0.15) is 16.1 Å². The Morgan fingerprint density at radius 2 is 1.86 bits per heavy atom. The number of imide groups is 1. The molecule has 2 aromatic carbocycles. The maximum Gasteiger partial charge on any atom is 0.322 e. The lowest BCUT2D eigenvalue weighted by atomic mass is 9.88. The average Bonchev–Trinajstić information content (AvgIpc) is 3.33. The number of nitrogens with one attached hydrogen (secondary N) is 2. The monoisotopic (exact) mass is 471 g/mol. The number of amides is 4. The minimum atomic E-state index is -1.44. The first-order valence-corrected chi connectivity index (χ1v) is 10.7. The zero-order valence-corrected chi connectivity index (χ0v) is 18.6. The Hall–Kier alpha value is -4.86. The molecule has 1 aliphatic heterocycles.